The molecule has 1 aliphatic heterocycles. The highest BCUT2D eigenvalue weighted by Gasteiger charge is 2.17. The summed E-state index contributed by atoms with van der Waals surface area (Å²) in [6.45, 7) is 6.65. The Balaban J connectivity index is 2.09. The van der Waals surface area contributed by atoms with Crippen molar-refractivity contribution >= 4 is 27.4 Å². The molecular formula is C14H19N3S. The Hall–Kier alpha value is -1.16. The van der Waals surface area contributed by atoms with E-state index in [0.29, 0.717) is 0 Å². The predicted octanol–water partition coefficient (Wildman–Crippen LogP) is 3.69. The van der Waals surface area contributed by atoms with Crippen molar-refractivity contribution in [3.05, 3.63) is 16.8 Å². The van der Waals surface area contributed by atoms with Gasteiger partial charge in [0.05, 0.1) is 5.39 Å². The summed E-state index contributed by atoms with van der Waals surface area (Å²) in [6.07, 6.45) is 7.00. The fourth-order valence-electron chi connectivity index (χ4n) is 2.69. The van der Waals surface area contributed by atoms with Gasteiger partial charge in [-0.05, 0) is 32.3 Å². The number of aromatic nitrogens is 2. The van der Waals surface area contributed by atoms with Crippen LogP contribution in [0.2, 0.25) is 0 Å². The highest BCUT2D eigenvalue weighted by Crippen LogP contribution is 2.34. The predicted molar refractivity (Wildman–Crippen MR) is 77.6 cm³/mol. The van der Waals surface area contributed by atoms with E-state index >= 15 is 0 Å². The fourth-order valence-corrected chi connectivity index (χ4v) is 3.68. The molecule has 0 saturated carbocycles. The average molecular weight is 261 g/mol. The minimum atomic E-state index is 1.14. The maximum Gasteiger partial charge on any atom is 0.141 e. The zero-order valence-electron chi connectivity index (χ0n) is 11.1. The Bertz CT molecular complexity index is 553. The summed E-state index contributed by atoms with van der Waals surface area (Å²) in [7, 11) is 0. The molecule has 0 N–H and O–H groups in total. The second-order valence-corrected chi connectivity index (χ2v) is 6.27. The molecule has 2 aromatic heterocycles. The van der Waals surface area contributed by atoms with Gasteiger partial charge in [-0.1, -0.05) is 12.8 Å². The van der Waals surface area contributed by atoms with E-state index in [1.807, 2.05) is 0 Å². The van der Waals surface area contributed by atoms with E-state index in [1.54, 1.807) is 17.7 Å². The molecule has 3 rings (SSSR count). The van der Waals surface area contributed by atoms with Crippen molar-refractivity contribution in [1.29, 1.82) is 0 Å². The molecule has 0 radical (unpaired) electrons. The van der Waals surface area contributed by atoms with Crippen LogP contribution >= 0.6 is 11.3 Å². The third kappa shape index (κ3) is 1.99. The van der Waals surface area contributed by atoms with Gasteiger partial charge in [-0.25, -0.2) is 9.97 Å². The van der Waals surface area contributed by atoms with Crippen molar-refractivity contribution in [2.75, 3.05) is 18.0 Å². The van der Waals surface area contributed by atoms with Crippen molar-refractivity contribution in [1.82, 2.24) is 9.97 Å². The van der Waals surface area contributed by atoms with Gasteiger partial charge in [-0.3, -0.25) is 0 Å². The van der Waals surface area contributed by atoms with Crippen molar-refractivity contribution in [2.45, 2.75) is 39.5 Å². The number of thiophene rings is 1. The van der Waals surface area contributed by atoms with Gasteiger partial charge in [-0.2, -0.15) is 0 Å². The minimum Gasteiger partial charge on any atom is -0.356 e. The monoisotopic (exact) mass is 261 g/mol. The minimum absolute atomic E-state index is 1.14. The Kier molecular flexibility index (Phi) is 3.20. The van der Waals surface area contributed by atoms with Crippen molar-refractivity contribution in [2.24, 2.45) is 0 Å². The van der Waals surface area contributed by atoms with E-state index in [9.17, 15) is 0 Å². The Morgan fingerprint density at radius 2 is 1.78 bits per heavy atom. The number of anilines is 1. The number of aryl methyl sites for hydroxylation is 2. The number of rotatable bonds is 1. The smallest absolute Gasteiger partial charge is 0.141 e. The normalized spacial score (nSPS) is 17.1. The number of hydrogen-bond acceptors (Lipinski definition) is 4. The summed E-state index contributed by atoms with van der Waals surface area (Å²) in [4.78, 5) is 13.9. The van der Waals surface area contributed by atoms with Crippen LogP contribution in [0.1, 0.15) is 36.1 Å². The second-order valence-electron chi connectivity index (χ2n) is 5.06. The second kappa shape index (κ2) is 4.84. The van der Waals surface area contributed by atoms with Crippen molar-refractivity contribution in [3.63, 3.8) is 0 Å². The molecule has 96 valence electrons. The molecule has 18 heavy (non-hydrogen) atoms. The van der Waals surface area contributed by atoms with Crippen LogP contribution in [0, 0.1) is 13.8 Å². The van der Waals surface area contributed by atoms with Crippen LogP contribution in [-0.4, -0.2) is 23.1 Å². The van der Waals surface area contributed by atoms with Crippen LogP contribution in [0.5, 0.6) is 0 Å². The third-order valence-corrected chi connectivity index (χ3v) is 4.97. The van der Waals surface area contributed by atoms with E-state index in [2.05, 4.69) is 28.7 Å². The largest absolute Gasteiger partial charge is 0.356 e. The summed E-state index contributed by atoms with van der Waals surface area (Å²) in [5, 5.41) is 1.28. The standard InChI is InChI=1S/C14H19N3S/c1-10-11(2)18-14-12(10)13(15-9-16-14)17-7-5-3-4-6-8-17/h9H,3-8H2,1-2H3. The zero-order chi connectivity index (χ0) is 12.5. The SMILES string of the molecule is Cc1sc2ncnc(N3CCCCCC3)c2c1C. The molecular weight excluding hydrogens is 242 g/mol. The third-order valence-electron chi connectivity index (χ3n) is 3.85. The van der Waals surface area contributed by atoms with E-state index in [0.717, 1.165) is 23.7 Å². The van der Waals surface area contributed by atoms with Crippen LogP contribution in [0.25, 0.3) is 10.2 Å². The molecule has 0 aromatic carbocycles. The van der Waals surface area contributed by atoms with Crippen LogP contribution in [0.3, 0.4) is 0 Å². The van der Waals surface area contributed by atoms with Gasteiger partial charge in [-0.15, -0.1) is 11.3 Å². The lowest BCUT2D eigenvalue weighted by molar-refractivity contribution is 0.726. The van der Waals surface area contributed by atoms with Gasteiger partial charge in [0.2, 0.25) is 0 Å². The maximum atomic E-state index is 4.57. The zero-order valence-corrected chi connectivity index (χ0v) is 11.9. The summed E-state index contributed by atoms with van der Waals surface area (Å²) in [5.74, 6) is 1.16. The Labute approximate surface area is 112 Å². The average Bonchev–Trinajstić information content (AvgIpc) is 2.61. The van der Waals surface area contributed by atoms with Crippen molar-refractivity contribution in [3.8, 4) is 0 Å². The number of nitrogens with zero attached hydrogens (tertiary/aromatic N) is 3. The maximum absolute atomic E-state index is 4.57. The topological polar surface area (TPSA) is 29.0 Å². The molecule has 1 aliphatic rings. The molecule has 0 aliphatic carbocycles. The van der Waals surface area contributed by atoms with Crippen LogP contribution in [0.4, 0.5) is 5.82 Å². The molecule has 2 aromatic rings. The molecule has 4 heteroatoms. The summed E-state index contributed by atoms with van der Waals surface area (Å²) in [5.41, 5.74) is 1.36. The van der Waals surface area contributed by atoms with Crippen LogP contribution < -0.4 is 4.90 Å². The quantitative estimate of drug-likeness (QED) is 0.784. The molecule has 3 heterocycles. The van der Waals surface area contributed by atoms with E-state index in [1.165, 1.54) is 41.5 Å². The number of hydrogen-bond donors (Lipinski definition) is 0. The lowest BCUT2D eigenvalue weighted by atomic mass is 10.2. The molecule has 0 bridgehead atoms. The van der Waals surface area contributed by atoms with E-state index < -0.39 is 0 Å². The molecule has 0 amide bonds. The van der Waals surface area contributed by atoms with Crippen LogP contribution in [-0.2, 0) is 0 Å². The lowest BCUT2D eigenvalue weighted by Crippen LogP contribution is -2.25. The van der Waals surface area contributed by atoms with Crippen LogP contribution in [0.15, 0.2) is 6.33 Å². The van der Waals surface area contributed by atoms with E-state index in [-0.39, 0.29) is 0 Å². The summed E-state index contributed by atoms with van der Waals surface area (Å²) < 4.78 is 0. The Morgan fingerprint density at radius 3 is 2.50 bits per heavy atom. The number of fused-ring (bicyclic) bond motifs is 1. The van der Waals surface area contributed by atoms with Gasteiger partial charge in [0.25, 0.3) is 0 Å². The van der Waals surface area contributed by atoms with Crippen molar-refractivity contribution < 1.29 is 0 Å². The highest BCUT2D eigenvalue weighted by molar-refractivity contribution is 7.18. The fraction of sp³-hybridized carbons (Fsp3) is 0.571. The summed E-state index contributed by atoms with van der Waals surface area (Å²) in [6, 6.07) is 0. The first-order valence-corrected chi connectivity index (χ1v) is 7.54. The van der Waals surface area contributed by atoms with Gasteiger partial charge in [0.15, 0.2) is 0 Å². The lowest BCUT2D eigenvalue weighted by Gasteiger charge is -2.22. The van der Waals surface area contributed by atoms with E-state index in [4.69, 9.17) is 0 Å². The highest BCUT2D eigenvalue weighted by atomic mass is 32.1. The molecule has 3 nitrogen and oxygen atoms in total. The molecule has 0 atom stereocenters. The molecule has 1 fully saturated rings. The van der Waals surface area contributed by atoms with Gasteiger partial charge >= 0.3 is 0 Å². The first-order chi connectivity index (χ1) is 8.77. The van der Waals surface area contributed by atoms with Gasteiger partial charge < -0.3 is 4.90 Å². The molecule has 1 saturated heterocycles. The molecule has 0 unspecified atom stereocenters. The first-order valence-electron chi connectivity index (χ1n) is 6.73. The summed E-state index contributed by atoms with van der Waals surface area (Å²) >= 11 is 1.78. The molecule has 0 spiro atoms. The first kappa shape index (κ1) is 11.9. The Morgan fingerprint density at radius 1 is 1.06 bits per heavy atom. The van der Waals surface area contributed by atoms with Gasteiger partial charge in [0, 0.05) is 18.0 Å². The van der Waals surface area contributed by atoms with Gasteiger partial charge in [0.1, 0.15) is 17.0 Å².